The molecule has 0 aromatic heterocycles. The molecule has 57 heavy (non-hydrogen) atoms. The first-order valence-electron chi connectivity index (χ1n) is 20.0. The van der Waals surface area contributed by atoms with Gasteiger partial charge in [0.1, 0.15) is 42.4 Å². The molecule has 3 aliphatic heterocycles. The molecule has 3 aliphatic rings. The summed E-state index contributed by atoms with van der Waals surface area (Å²) in [6, 6.07) is -0.793. The molecule has 3 heterocycles. The van der Waals surface area contributed by atoms with Gasteiger partial charge in [0.2, 0.25) is 0 Å². The number of rotatable bonds is 12. The third-order valence-corrected chi connectivity index (χ3v) is 10.7. The van der Waals surface area contributed by atoms with Crippen LogP contribution < -0.4 is 0 Å². The quantitative estimate of drug-likeness (QED) is 0.165. The highest BCUT2D eigenvalue weighted by Gasteiger charge is 2.53. The van der Waals surface area contributed by atoms with Crippen LogP contribution in [0.3, 0.4) is 0 Å². The number of aliphatic hydroxyl groups excluding tert-OH is 1. The van der Waals surface area contributed by atoms with E-state index < -0.39 is 115 Å². The number of cyclic esters (lactones) is 1. The van der Waals surface area contributed by atoms with Gasteiger partial charge in [-0.05, 0) is 60.2 Å². The molecule has 16 nitrogen and oxygen atoms in total. The van der Waals surface area contributed by atoms with Gasteiger partial charge in [0, 0.05) is 45.1 Å². The second-order valence-electron chi connectivity index (χ2n) is 15.8. The fourth-order valence-electron chi connectivity index (χ4n) is 7.72. The summed E-state index contributed by atoms with van der Waals surface area (Å²) >= 11 is 0. The number of hydrogen-bond acceptors (Lipinski definition) is 16. The van der Waals surface area contributed by atoms with Crippen LogP contribution in [0.1, 0.15) is 93.4 Å². The Balaban J connectivity index is 2.02. The highest BCUT2D eigenvalue weighted by atomic mass is 16.7. The minimum absolute atomic E-state index is 0.0122. The molecule has 15 atom stereocenters. The molecule has 2 fully saturated rings. The number of allylic oxidation sites excluding steroid dienone is 3. The number of methoxy groups -OCH3 is 1. The largest absolute Gasteiger partial charge is 0.462 e. The molecule has 0 aromatic rings. The van der Waals surface area contributed by atoms with Crippen LogP contribution in [0.25, 0.3) is 0 Å². The number of hydrogen-bond donors (Lipinski definition) is 2. The van der Waals surface area contributed by atoms with E-state index in [2.05, 4.69) is 0 Å². The van der Waals surface area contributed by atoms with E-state index >= 15 is 0 Å². The molecule has 0 bridgehead atoms. The number of ether oxygens (including phenoxy) is 8. The van der Waals surface area contributed by atoms with Gasteiger partial charge >= 0.3 is 17.9 Å². The van der Waals surface area contributed by atoms with Gasteiger partial charge in [0.25, 0.3) is 0 Å². The zero-order valence-corrected chi connectivity index (χ0v) is 35.1. The number of carbonyl (C=O) groups excluding carboxylic acids is 5. The Kier molecular flexibility index (Phi) is 18.9. The number of esters is 3. The van der Waals surface area contributed by atoms with Crippen LogP contribution in [0.2, 0.25) is 0 Å². The van der Waals surface area contributed by atoms with Crippen molar-refractivity contribution in [2.45, 2.75) is 173 Å². The van der Waals surface area contributed by atoms with Gasteiger partial charge in [-0.2, -0.15) is 0 Å². The second-order valence-corrected chi connectivity index (χ2v) is 15.8. The van der Waals surface area contributed by atoms with E-state index in [9.17, 15) is 34.2 Å². The molecular weight excluding hydrogens is 746 g/mol. The van der Waals surface area contributed by atoms with Gasteiger partial charge in [0.05, 0.1) is 30.8 Å². The van der Waals surface area contributed by atoms with Gasteiger partial charge in [-0.3, -0.25) is 19.2 Å². The molecule has 324 valence electrons. The monoisotopic (exact) mass is 811 g/mol. The zero-order chi connectivity index (χ0) is 42.6. The molecule has 0 spiro atoms. The van der Waals surface area contributed by atoms with E-state index in [4.69, 9.17) is 37.9 Å². The van der Waals surface area contributed by atoms with Crippen molar-refractivity contribution in [3.63, 3.8) is 0 Å². The predicted molar refractivity (Wildman–Crippen MR) is 204 cm³/mol. The van der Waals surface area contributed by atoms with Crippen molar-refractivity contribution in [3.05, 3.63) is 24.3 Å². The minimum atomic E-state index is -1.50. The number of aliphatic hydroxyl groups is 2. The van der Waals surface area contributed by atoms with E-state index in [0.717, 1.165) is 0 Å². The molecular formula is C41H65NO15. The third kappa shape index (κ3) is 13.5. The Morgan fingerprint density at radius 1 is 0.965 bits per heavy atom. The highest BCUT2D eigenvalue weighted by molar-refractivity contribution is 5.91. The van der Waals surface area contributed by atoms with Crippen LogP contribution in [-0.4, -0.2) is 145 Å². The van der Waals surface area contributed by atoms with E-state index in [1.807, 2.05) is 0 Å². The summed E-state index contributed by atoms with van der Waals surface area (Å²) in [7, 11) is 4.83. The maximum Gasteiger partial charge on any atom is 0.309 e. The molecule has 15 unspecified atom stereocenters. The van der Waals surface area contributed by atoms with Crippen molar-refractivity contribution in [1.29, 1.82) is 0 Å². The second kappa shape index (κ2) is 22.3. The summed E-state index contributed by atoms with van der Waals surface area (Å²) in [5.41, 5.74) is -1.50. The zero-order valence-electron chi connectivity index (χ0n) is 35.1. The van der Waals surface area contributed by atoms with Gasteiger partial charge in [0.15, 0.2) is 24.5 Å². The summed E-state index contributed by atoms with van der Waals surface area (Å²) in [4.78, 5) is 65.5. The summed E-state index contributed by atoms with van der Waals surface area (Å²) in [6.45, 7) is 11.6. The van der Waals surface area contributed by atoms with Crippen LogP contribution >= 0.6 is 0 Å². The number of aldehydes is 1. The molecule has 0 radical (unpaired) electrons. The Morgan fingerprint density at radius 3 is 2.23 bits per heavy atom. The molecule has 0 amide bonds. The van der Waals surface area contributed by atoms with Crippen molar-refractivity contribution >= 4 is 30.0 Å². The van der Waals surface area contributed by atoms with Crippen molar-refractivity contribution in [3.8, 4) is 0 Å². The van der Waals surface area contributed by atoms with Crippen LogP contribution in [0.4, 0.5) is 0 Å². The average molecular weight is 812 g/mol. The lowest BCUT2D eigenvalue weighted by atomic mass is 9.83. The Labute approximate surface area is 336 Å². The highest BCUT2D eigenvalue weighted by Crippen LogP contribution is 2.37. The lowest BCUT2D eigenvalue weighted by Crippen LogP contribution is -2.66. The van der Waals surface area contributed by atoms with Gasteiger partial charge in [-0.25, -0.2) is 0 Å². The normalized spacial score (nSPS) is 38.7. The van der Waals surface area contributed by atoms with Gasteiger partial charge in [-0.1, -0.05) is 39.0 Å². The van der Waals surface area contributed by atoms with Crippen LogP contribution in [0.15, 0.2) is 24.3 Å². The maximum atomic E-state index is 13.3. The Morgan fingerprint density at radius 2 is 1.63 bits per heavy atom. The number of ketones is 1. The first-order chi connectivity index (χ1) is 26.9. The average Bonchev–Trinajstić information content (AvgIpc) is 3.13. The van der Waals surface area contributed by atoms with Crippen molar-refractivity contribution in [2.75, 3.05) is 21.2 Å². The molecule has 16 heteroatoms. The lowest BCUT2D eigenvalue weighted by Gasteiger charge is -2.50. The fourth-order valence-corrected chi connectivity index (χ4v) is 7.72. The van der Waals surface area contributed by atoms with Gasteiger partial charge < -0.3 is 57.8 Å². The first kappa shape index (κ1) is 48.3. The first-order valence-corrected chi connectivity index (χ1v) is 20.0. The standard InChI is InChI=1S/C41H65NO15/c1-11-30(45)54-29-21-32(47)51-24(4)16-14-13-15-17-28(44)23(3)20-27(18-19-43)37(38(29)50-10)57-40-35(48)34(42(8)9)36(25(5)53-40)56-33-22-41(7,49)39(26(6)52-33)55-31(46)12-2/h13-15,17,19,23-27,29,33-40,48-49H,11-12,16,18,20-22H2,1-10H3. The summed E-state index contributed by atoms with van der Waals surface area (Å²) in [5.74, 6) is -3.31. The van der Waals surface area contributed by atoms with E-state index in [1.54, 1.807) is 85.7 Å². The number of likely N-dealkylation sites (N-methyl/N-ethyl adjacent to an activating group) is 1. The van der Waals surface area contributed by atoms with E-state index in [1.165, 1.54) is 13.2 Å². The van der Waals surface area contributed by atoms with E-state index in [-0.39, 0.29) is 37.9 Å². The summed E-state index contributed by atoms with van der Waals surface area (Å²) in [5, 5.41) is 23.4. The van der Waals surface area contributed by atoms with E-state index in [0.29, 0.717) is 12.7 Å². The number of carbonyl (C=O) groups is 5. The summed E-state index contributed by atoms with van der Waals surface area (Å²) < 4.78 is 48.4. The minimum Gasteiger partial charge on any atom is -0.462 e. The topological polar surface area (TPSA) is 203 Å². The van der Waals surface area contributed by atoms with Crippen LogP contribution in [0.5, 0.6) is 0 Å². The molecule has 2 saturated heterocycles. The Bertz CT molecular complexity index is 1400. The third-order valence-electron chi connectivity index (χ3n) is 10.7. The summed E-state index contributed by atoms with van der Waals surface area (Å²) in [6.07, 6.45) is -4.01. The number of nitrogens with zero attached hydrogens (tertiary/aromatic N) is 1. The molecule has 0 aromatic carbocycles. The smallest absolute Gasteiger partial charge is 0.309 e. The fraction of sp³-hybridized carbons (Fsp3) is 0.780. The van der Waals surface area contributed by atoms with Crippen LogP contribution in [-0.2, 0) is 61.9 Å². The van der Waals surface area contributed by atoms with Crippen molar-refractivity contribution in [2.24, 2.45) is 11.8 Å². The molecule has 3 rings (SSSR count). The SMILES string of the molecule is CCC(=O)OC1CC(=O)OC(C)CC=CC=CC(=O)C(C)CC(CC=O)C(OC2OC(C)C(OC3CC(C)(O)C(OC(=O)CC)C(C)O3)C(N(C)C)C2O)C1OC. The van der Waals surface area contributed by atoms with Crippen molar-refractivity contribution < 1.29 is 72.1 Å². The Hall–Kier alpha value is -3.09. The molecule has 2 N–H and O–H groups in total. The van der Waals surface area contributed by atoms with Gasteiger partial charge in [-0.15, -0.1) is 0 Å². The van der Waals surface area contributed by atoms with Crippen LogP contribution in [0, 0.1) is 11.8 Å². The van der Waals surface area contributed by atoms with Crippen molar-refractivity contribution in [1.82, 2.24) is 4.90 Å². The lowest BCUT2D eigenvalue weighted by molar-refractivity contribution is -0.344. The molecule has 0 aliphatic carbocycles. The maximum absolute atomic E-state index is 13.3. The molecule has 0 saturated carbocycles. The predicted octanol–water partition coefficient (Wildman–Crippen LogP) is 2.98.